The number of carbonyl (C=O) groups excluding carboxylic acids is 1. The molecule has 7 nitrogen and oxygen atoms in total. The van der Waals surface area contributed by atoms with Crippen LogP contribution in [-0.2, 0) is 10.0 Å². The average molecular weight is 377 g/mol. The van der Waals surface area contributed by atoms with Gasteiger partial charge < -0.3 is 15.6 Å². The minimum absolute atomic E-state index is 0. The van der Waals surface area contributed by atoms with Crippen molar-refractivity contribution in [1.82, 2.24) is 14.2 Å². The molecule has 1 unspecified atom stereocenters. The highest BCUT2D eigenvalue weighted by Gasteiger charge is 2.34. The Bertz CT molecular complexity index is 670. The summed E-state index contributed by atoms with van der Waals surface area (Å²) in [5.41, 5.74) is 6.07. The fourth-order valence-corrected chi connectivity index (χ4v) is 5.10. The number of carbonyl (C=O) groups is 1. The molecule has 2 saturated heterocycles. The second-order valence-corrected chi connectivity index (χ2v) is 8.14. The molecule has 9 heteroatoms. The van der Waals surface area contributed by atoms with Crippen LogP contribution in [0, 0.1) is 0 Å². The first-order valence-electron chi connectivity index (χ1n) is 8.23. The van der Waals surface area contributed by atoms with Crippen molar-refractivity contribution in [3.8, 4) is 0 Å². The van der Waals surface area contributed by atoms with Gasteiger partial charge in [0.1, 0.15) is 10.6 Å². The van der Waals surface area contributed by atoms with Crippen molar-refractivity contribution in [2.45, 2.75) is 43.0 Å². The summed E-state index contributed by atoms with van der Waals surface area (Å²) in [6.45, 7) is 2.29. The predicted octanol–water partition coefficient (Wildman–Crippen LogP) is 1.17. The number of hydrogen-bond donors (Lipinski definition) is 2. The van der Waals surface area contributed by atoms with Crippen LogP contribution in [0.3, 0.4) is 0 Å². The third-order valence-electron chi connectivity index (χ3n) is 4.73. The molecular formula is C15H25ClN4O3S. The summed E-state index contributed by atoms with van der Waals surface area (Å²) >= 11 is 0. The molecule has 0 aliphatic carbocycles. The van der Waals surface area contributed by atoms with Crippen LogP contribution >= 0.6 is 12.4 Å². The maximum atomic E-state index is 12.8. The number of H-pyrrole nitrogens is 1. The van der Waals surface area contributed by atoms with E-state index in [0.717, 1.165) is 45.2 Å². The second kappa shape index (κ2) is 7.86. The van der Waals surface area contributed by atoms with Gasteiger partial charge in [0.2, 0.25) is 10.0 Å². The van der Waals surface area contributed by atoms with E-state index >= 15 is 0 Å². The van der Waals surface area contributed by atoms with E-state index in [9.17, 15) is 13.2 Å². The zero-order chi connectivity index (χ0) is 16.4. The summed E-state index contributed by atoms with van der Waals surface area (Å²) in [4.78, 5) is 17.1. The van der Waals surface area contributed by atoms with Crippen molar-refractivity contribution in [2.75, 3.05) is 26.2 Å². The quantitative estimate of drug-likeness (QED) is 0.823. The van der Waals surface area contributed by atoms with Gasteiger partial charge in [0, 0.05) is 38.4 Å². The lowest BCUT2D eigenvalue weighted by Crippen LogP contribution is -2.47. The number of halogens is 1. The first kappa shape index (κ1) is 19.2. The molecule has 1 atom stereocenters. The van der Waals surface area contributed by atoms with E-state index < -0.39 is 10.0 Å². The Labute approximate surface area is 149 Å². The van der Waals surface area contributed by atoms with Gasteiger partial charge in [0.05, 0.1) is 0 Å². The summed E-state index contributed by atoms with van der Waals surface area (Å²) in [6.07, 6.45) is 6.06. The van der Waals surface area contributed by atoms with Crippen LogP contribution in [0.2, 0.25) is 0 Å². The molecule has 3 rings (SSSR count). The number of nitrogens with zero attached hydrogens (tertiary/aromatic N) is 2. The van der Waals surface area contributed by atoms with E-state index in [1.54, 1.807) is 4.90 Å². The van der Waals surface area contributed by atoms with Crippen molar-refractivity contribution in [3.63, 3.8) is 0 Å². The molecule has 1 aromatic heterocycles. The van der Waals surface area contributed by atoms with E-state index in [0.29, 0.717) is 18.8 Å². The minimum atomic E-state index is -3.61. The lowest BCUT2D eigenvalue weighted by molar-refractivity contribution is 0.0787. The summed E-state index contributed by atoms with van der Waals surface area (Å²) in [7, 11) is -3.61. The van der Waals surface area contributed by atoms with Gasteiger partial charge in [-0.1, -0.05) is 6.42 Å². The first-order chi connectivity index (χ1) is 11.0. The van der Waals surface area contributed by atoms with Crippen LogP contribution in [0.1, 0.15) is 42.6 Å². The van der Waals surface area contributed by atoms with Crippen LogP contribution in [0.15, 0.2) is 17.2 Å². The van der Waals surface area contributed by atoms with Crippen molar-refractivity contribution in [1.29, 1.82) is 0 Å². The molecule has 2 aliphatic heterocycles. The highest BCUT2D eigenvalue weighted by atomic mass is 35.5. The van der Waals surface area contributed by atoms with Gasteiger partial charge in [-0.15, -0.1) is 12.4 Å². The lowest BCUT2D eigenvalue weighted by atomic mass is 10.1. The standard InChI is InChI=1S/C15H24N4O3S.ClH/c16-10-12-5-1-2-8-19(12)23(21,22)13-9-14(17-11-13)15(20)18-6-3-4-7-18;/h9,11-12,17H,1-8,10,16H2;1H. The maximum Gasteiger partial charge on any atom is 0.270 e. The molecule has 0 aromatic carbocycles. The van der Waals surface area contributed by atoms with Gasteiger partial charge in [-0.25, -0.2) is 8.42 Å². The molecule has 3 N–H and O–H groups in total. The molecule has 136 valence electrons. The first-order valence-corrected chi connectivity index (χ1v) is 9.67. The minimum Gasteiger partial charge on any atom is -0.356 e. The van der Waals surface area contributed by atoms with Crippen LogP contribution < -0.4 is 5.73 Å². The van der Waals surface area contributed by atoms with E-state index in [2.05, 4.69) is 4.98 Å². The molecule has 1 aromatic rings. The molecule has 0 spiro atoms. The SMILES string of the molecule is Cl.NCC1CCCCN1S(=O)(=O)c1c[nH]c(C(=O)N2CCCC2)c1. The Morgan fingerprint density at radius 1 is 1.21 bits per heavy atom. The largest absolute Gasteiger partial charge is 0.356 e. The fourth-order valence-electron chi connectivity index (χ4n) is 3.40. The second-order valence-electron chi connectivity index (χ2n) is 6.25. The molecule has 0 radical (unpaired) electrons. The Morgan fingerprint density at radius 2 is 1.88 bits per heavy atom. The van der Waals surface area contributed by atoms with Gasteiger partial charge in [0.25, 0.3) is 5.91 Å². The fraction of sp³-hybridized carbons (Fsp3) is 0.667. The smallest absolute Gasteiger partial charge is 0.270 e. The Kier molecular flexibility index (Phi) is 6.30. The number of aromatic amines is 1. The Morgan fingerprint density at radius 3 is 2.54 bits per heavy atom. The van der Waals surface area contributed by atoms with Crippen molar-refractivity contribution in [3.05, 3.63) is 18.0 Å². The van der Waals surface area contributed by atoms with Gasteiger partial charge in [-0.05, 0) is 31.7 Å². The number of aromatic nitrogens is 1. The van der Waals surface area contributed by atoms with E-state index in [1.165, 1.54) is 16.6 Å². The molecule has 0 bridgehead atoms. The summed E-state index contributed by atoms with van der Waals surface area (Å²) in [6, 6.07) is 1.31. The molecule has 2 fully saturated rings. The Hall–Kier alpha value is -1.09. The van der Waals surface area contributed by atoms with Crippen LogP contribution in [0.4, 0.5) is 0 Å². The molecule has 1 amide bonds. The zero-order valence-electron chi connectivity index (χ0n) is 13.6. The van der Waals surface area contributed by atoms with Crippen LogP contribution in [0.5, 0.6) is 0 Å². The molecule has 2 aliphatic rings. The maximum absolute atomic E-state index is 12.8. The van der Waals surface area contributed by atoms with E-state index in [-0.39, 0.29) is 29.3 Å². The average Bonchev–Trinajstić information content (AvgIpc) is 3.25. The topological polar surface area (TPSA) is 99.5 Å². The third kappa shape index (κ3) is 3.61. The van der Waals surface area contributed by atoms with Gasteiger partial charge in [-0.2, -0.15) is 4.31 Å². The molecule has 0 saturated carbocycles. The Balaban J connectivity index is 0.00000208. The normalized spacial score (nSPS) is 22.4. The van der Waals surface area contributed by atoms with Crippen molar-refractivity contribution >= 4 is 28.3 Å². The van der Waals surface area contributed by atoms with Gasteiger partial charge in [0.15, 0.2) is 0 Å². The van der Waals surface area contributed by atoms with Crippen molar-refractivity contribution in [2.24, 2.45) is 5.73 Å². The lowest BCUT2D eigenvalue weighted by Gasteiger charge is -2.33. The number of amides is 1. The number of nitrogens with two attached hydrogens (primary N) is 1. The monoisotopic (exact) mass is 376 g/mol. The number of hydrogen-bond acceptors (Lipinski definition) is 4. The highest BCUT2D eigenvalue weighted by Crippen LogP contribution is 2.25. The number of sulfonamides is 1. The summed E-state index contributed by atoms with van der Waals surface area (Å²) in [5.74, 6) is -0.127. The van der Waals surface area contributed by atoms with Crippen LogP contribution in [0.25, 0.3) is 0 Å². The summed E-state index contributed by atoms with van der Waals surface area (Å²) in [5, 5.41) is 0. The van der Waals surface area contributed by atoms with Crippen molar-refractivity contribution < 1.29 is 13.2 Å². The number of likely N-dealkylation sites (tertiary alicyclic amines) is 1. The molecule has 3 heterocycles. The van der Waals surface area contributed by atoms with E-state index in [1.807, 2.05) is 0 Å². The zero-order valence-corrected chi connectivity index (χ0v) is 15.2. The van der Waals surface area contributed by atoms with Gasteiger partial charge >= 0.3 is 0 Å². The van der Waals surface area contributed by atoms with E-state index in [4.69, 9.17) is 5.73 Å². The number of piperidine rings is 1. The molecular weight excluding hydrogens is 352 g/mol. The predicted molar refractivity (Wildman–Crippen MR) is 93.8 cm³/mol. The third-order valence-corrected chi connectivity index (χ3v) is 6.66. The number of nitrogens with one attached hydrogen (secondary N) is 1. The number of rotatable bonds is 4. The molecule has 24 heavy (non-hydrogen) atoms. The van der Waals surface area contributed by atoms with Gasteiger partial charge in [-0.3, -0.25) is 4.79 Å². The highest BCUT2D eigenvalue weighted by molar-refractivity contribution is 7.89. The van der Waals surface area contributed by atoms with Crippen LogP contribution in [-0.4, -0.2) is 60.7 Å². The summed E-state index contributed by atoms with van der Waals surface area (Å²) < 4.78 is 27.2.